The molecule has 0 bridgehead atoms. The Labute approximate surface area is 138 Å². The minimum absolute atomic E-state index is 0.368. The molecule has 1 aromatic heterocycles. The zero-order valence-corrected chi connectivity index (χ0v) is 13.3. The molecule has 7 heteroatoms. The van der Waals surface area contributed by atoms with Gasteiger partial charge in [0.2, 0.25) is 0 Å². The molecule has 2 aromatic rings. The monoisotopic (exact) mass is 333 g/mol. The van der Waals surface area contributed by atoms with Gasteiger partial charge in [0.05, 0.1) is 23.1 Å². The molecule has 2 N–H and O–H groups in total. The Bertz CT molecular complexity index is 763. The Morgan fingerprint density at radius 2 is 1.96 bits per heavy atom. The van der Waals surface area contributed by atoms with Gasteiger partial charge in [0, 0.05) is 5.02 Å². The van der Waals surface area contributed by atoms with E-state index in [2.05, 4.69) is 10.4 Å². The smallest absolute Gasteiger partial charge is 0.329 e. The molecular formula is C16H16ClN3O3. The SMILES string of the molecule is Cc1c(C(=O)NC2(C(=O)O)CCC2)cnn1-c1ccc(Cl)cc1. The van der Waals surface area contributed by atoms with E-state index < -0.39 is 17.4 Å². The Balaban J connectivity index is 1.85. The largest absolute Gasteiger partial charge is 0.480 e. The fraction of sp³-hybridized carbons (Fsp3) is 0.312. The first-order valence-corrected chi connectivity index (χ1v) is 7.67. The van der Waals surface area contributed by atoms with Crippen molar-refractivity contribution in [1.82, 2.24) is 15.1 Å². The average molecular weight is 334 g/mol. The van der Waals surface area contributed by atoms with Crippen LogP contribution in [0.1, 0.15) is 35.3 Å². The number of carboxylic acids is 1. The van der Waals surface area contributed by atoms with Crippen molar-refractivity contribution < 1.29 is 14.7 Å². The second-order valence-corrected chi connectivity index (χ2v) is 6.16. The minimum Gasteiger partial charge on any atom is -0.480 e. The predicted molar refractivity (Wildman–Crippen MR) is 85.0 cm³/mol. The van der Waals surface area contributed by atoms with Crippen LogP contribution in [0, 0.1) is 6.92 Å². The van der Waals surface area contributed by atoms with Crippen molar-refractivity contribution in [2.75, 3.05) is 0 Å². The molecule has 1 aliphatic rings. The molecule has 0 spiro atoms. The van der Waals surface area contributed by atoms with Crippen molar-refractivity contribution in [3.8, 4) is 5.69 Å². The van der Waals surface area contributed by atoms with Crippen molar-refractivity contribution in [3.05, 3.63) is 46.7 Å². The highest BCUT2D eigenvalue weighted by atomic mass is 35.5. The number of aromatic nitrogens is 2. The van der Waals surface area contributed by atoms with Crippen LogP contribution in [-0.2, 0) is 4.79 Å². The van der Waals surface area contributed by atoms with Crippen molar-refractivity contribution in [3.63, 3.8) is 0 Å². The lowest BCUT2D eigenvalue weighted by Crippen LogP contribution is -2.59. The Kier molecular flexibility index (Phi) is 3.85. The number of nitrogens with zero attached hydrogens (tertiary/aromatic N) is 2. The Morgan fingerprint density at radius 3 is 2.48 bits per heavy atom. The number of hydrogen-bond acceptors (Lipinski definition) is 3. The molecule has 6 nitrogen and oxygen atoms in total. The molecule has 1 aromatic carbocycles. The van der Waals surface area contributed by atoms with Gasteiger partial charge in [0.1, 0.15) is 5.54 Å². The summed E-state index contributed by atoms with van der Waals surface area (Å²) in [5.74, 6) is -1.40. The topological polar surface area (TPSA) is 84.2 Å². The molecule has 3 rings (SSSR count). The molecule has 23 heavy (non-hydrogen) atoms. The van der Waals surface area contributed by atoms with Crippen LogP contribution in [0.2, 0.25) is 5.02 Å². The summed E-state index contributed by atoms with van der Waals surface area (Å²) < 4.78 is 1.62. The molecule has 0 unspecified atom stereocenters. The second-order valence-electron chi connectivity index (χ2n) is 5.73. The highest BCUT2D eigenvalue weighted by molar-refractivity contribution is 6.30. The summed E-state index contributed by atoms with van der Waals surface area (Å²) in [4.78, 5) is 23.8. The third-order valence-electron chi connectivity index (χ3n) is 4.29. The van der Waals surface area contributed by atoms with Crippen LogP contribution in [0.5, 0.6) is 0 Å². The summed E-state index contributed by atoms with van der Waals surface area (Å²) >= 11 is 5.87. The van der Waals surface area contributed by atoms with Gasteiger partial charge in [0.25, 0.3) is 5.91 Å². The molecule has 1 aliphatic carbocycles. The molecule has 0 saturated heterocycles. The summed E-state index contributed by atoms with van der Waals surface area (Å²) in [5, 5.41) is 16.8. The average Bonchev–Trinajstić information content (AvgIpc) is 2.85. The molecule has 1 amide bonds. The summed E-state index contributed by atoms with van der Waals surface area (Å²) in [7, 11) is 0. The Morgan fingerprint density at radius 1 is 1.30 bits per heavy atom. The van der Waals surface area contributed by atoms with Crippen LogP contribution >= 0.6 is 11.6 Å². The standard InChI is InChI=1S/C16H16ClN3O3/c1-10-13(14(21)19-16(15(22)23)7-2-8-16)9-18-20(10)12-5-3-11(17)4-6-12/h3-6,9H,2,7-8H2,1H3,(H,19,21)(H,22,23). The van der Waals surface area contributed by atoms with E-state index in [1.54, 1.807) is 35.9 Å². The lowest BCUT2D eigenvalue weighted by atomic mass is 9.76. The van der Waals surface area contributed by atoms with Crippen molar-refractivity contribution in [2.45, 2.75) is 31.7 Å². The van der Waals surface area contributed by atoms with Gasteiger partial charge in [0.15, 0.2) is 0 Å². The third-order valence-corrected chi connectivity index (χ3v) is 4.55. The van der Waals surface area contributed by atoms with Crippen LogP contribution in [0.4, 0.5) is 0 Å². The number of nitrogens with one attached hydrogen (secondary N) is 1. The van der Waals surface area contributed by atoms with E-state index in [9.17, 15) is 14.7 Å². The zero-order chi connectivity index (χ0) is 16.6. The molecular weight excluding hydrogens is 318 g/mol. The molecule has 0 aliphatic heterocycles. The number of carboxylic acid groups (broad SMARTS) is 1. The number of halogens is 1. The van der Waals surface area contributed by atoms with Gasteiger partial charge in [-0.05, 0) is 50.5 Å². The van der Waals surface area contributed by atoms with Gasteiger partial charge in [-0.25, -0.2) is 9.48 Å². The number of rotatable bonds is 4. The van der Waals surface area contributed by atoms with Gasteiger partial charge >= 0.3 is 5.97 Å². The lowest BCUT2D eigenvalue weighted by molar-refractivity contribution is -0.148. The van der Waals surface area contributed by atoms with E-state index in [1.165, 1.54) is 6.20 Å². The first-order chi connectivity index (χ1) is 10.9. The number of carbonyl (C=O) groups excluding carboxylic acids is 1. The molecule has 1 fully saturated rings. The number of benzene rings is 1. The maximum Gasteiger partial charge on any atom is 0.329 e. The van der Waals surface area contributed by atoms with E-state index in [-0.39, 0.29) is 0 Å². The highest BCUT2D eigenvalue weighted by Crippen LogP contribution is 2.32. The van der Waals surface area contributed by atoms with E-state index in [4.69, 9.17) is 11.6 Å². The maximum absolute atomic E-state index is 12.4. The summed E-state index contributed by atoms with van der Waals surface area (Å²) in [5.41, 5.74) is 0.658. The van der Waals surface area contributed by atoms with E-state index in [0.717, 1.165) is 12.1 Å². The van der Waals surface area contributed by atoms with E-state index in [0.29, 0.717) is 29.1 Å². The Hall–Kier alpha value is -2.34. The highest BCUT2D eigenvalue weighted by Gasteiger charge is 2.46. The van der Waals surface area contributed by atoms with Crippen LogP contribution in [0.15, 0.2) is 30.5 Å². The van der Waals surface area contributed by atoms with Crippen LogP contribution in [0.25, 0.3) is 5.69 Å². The van der Waals surface area contributed by atoms with Gasteiger partial charge in [-0.2, -0.15) is 5.10 Å². The van der Waals surface area contributed by atoms with Crippen LogP contribution in [-0.4, -0.2) is 32.3 Å². The normalized spacial score (nSPS) is 15.7. The molecule has 1 saturated carbocycles. The van der Waals surface area contributed by atoms with Gasteiger partial charge in [-0.15, -0.1) is 0 Å². The van der Waals surface area contributed by atoms with Crippen molar-refractivity contribution in [2.24, 2.45) is 0 Å². The van der Waals surface area contributed by atoms with Gasteiger partial charge < -0.3 is 10.4 Å². The second kappa shape index (κ2) is 5.70. The zero-order valence-electron chi connectivity index (χ0n) is 12.5. The minimum atomic E-state index is -1.13. The first-order valence-electron chi connectivity index (χ1n) is 7.29. The number of aliphatic carboxylic acids is 1. The van der Waals surface area contributed by atoms with Crippen LogP contribution in [0.3, 0.4) is 0 Å². The van der Waals surface area contributed by atoms with Crippen molar-refractivity contribution in [1.29, 1.82) is 0 Å². The van der Waals surface area contributed by atoms with Gasteiger partial charge in [-0.1, -0.05) is 11.6 Å². The summed E-state index contributed by atoms with van der Waals surface area (Å²) in [6, 6.07) is 7.08. The fourth-order valence-electron chi connectivity index (χ4n) is 2.68. The third kappa shape index (κ3) is 2.70. The number of hydrogen-bond donors (Lipinski definition) is 2. The van der Waals surface area contributed by atoms with Crippen molar-refractivity contribution >= 4 is 23.5 Å². The van der Waals surface area contributed by atoms with Gasteiger partial charge in [-0.3, -0.25) is 4.79 Å². The summed E-state index contributed by atoms with van der Waals surface area (Å²) in [6.45, 7) is 1.77. The fourth-order valence-corrected chi connectivity index (χ4v) is 2.81. The quantitative estimate of drug-likeness (QED) is 0.900. The number of carbonyl (C=O) groups is 2. The summed E-state index contributed by atoms with van der Waals surface area (Å²) in [6.07, 6.45) is 3.17. The van der Waals surface area contributed by atoms with Crippen LogP contribution < -0.4 is 5.32 Å². The number of amides is 1. The molecule has 120 valence electrons. The predicted octanol–water partition coefficient (Wildman–Crippen LogP) is 2.57. The molecule has 0 atom stereocenters. The molecule has 0 radical (unpaired) electrons. The maximum atomic E-state index is 12.4. The van der Waals surface area contributed by atoms with E-state index in [1.807, 2.05) is 0 Å². The molecule has 1 heterocycles. The first kappa shape index (κ1) is 15.6. The lowest BCUT2D eigenvalue weighted by Gasteiger charge is -2.38. The van der Waals surface area contributed by atoms with E-state index >= 15 is 0 Å².